The van der Waals surface area contributed by atoms with Crippen molar-refractivity contribution in [2.75, 3.05) is 33.9 Å². The van der Waals surface area contributed by atoms with Gasteiger partial charge in [0.25, 0.3) is 0 Å². The van der Waals surface area contributed by atoms with Crippen LogP contribution in [0.15, 0.2) is 29.3 Å². The summed E-state index contributed by atoms with van der Waals surface area (Å²) in [5.41, 5.74) is 1.32. The average Bonchev–Trinajstić information content (AvgIpc) is 3.38. The van der Waals surface area contributed by atoms with Gasteiger partial charge in [-0.05, 0) is 49.3 Å². The van der Waals surface area contributed by atoms with Crippen molar-refractivity contribution in [3.63, 3.8) is 0 Å². The Balaban J connectivity index is 0.00000225. The molecule has 0 aromatic heterocycles. The molecule has 2 aliphatic rings. The lowest BCUT2D eigenvalue weighted by Gasteiger charge is -2.27. The van der Waals surface area contributed by atoms with Gasteiger partial charge in [0.15, 0.2) is 5.96 Å². The van der Waals surface area contributed by atoms with E-state index in [1.54, 1.807) is 0 Å². The first-order valence-electron chi connectivity index (χ1n) is 8.95. The Morgan fingerprint density at radius 2 is 2.12 bits per heavy atom. The van der Waals surface area contributed by atoms with Gasteiger partial charge in [0, 0.05) is 50.8 Å². The summed E-state index contributed by atoms with van der Waals surface area (Å²) >= 11 is 6.10. The first-order valence-corrected chi connectivity index (χ1v) is 9.33. The van der Waals surface area contributed by atoms with E-state index < -0.39 is 0 Å². The summed E-state index contributed by atoms with van der Waals surface area (Å²) in [5, 5.41) is 4.42. The first kappa shape index (κ1) is 20.8. The second kappa shape index (κ2) is 9.97. The second-order valence-corrected chi connectivity index (χ2v) is 7.40. The van der Waals surface area contributed by atoms with E-state index in [1.807, 2.05) is 19.2 Å². The number of ether oxygens (including phenoxy) is 1. The molecule has 1 aromatic rings. The van der Waals surface area contributed by atoms with Crippen LogP contribution in [0.4, 0.5) is 0 Å². The van der Waals surface area contributed by atoms with E-state index in [0.29, 0.717) is 12.0 Å². The number of guanidine groups is 1. The number of aliphatic imine (C=N–C) groups is 1. The third-order valence-corrected chi connectivity index (χ3v) is 5.40. The van der Waals surface area contributed by atoms with Crippen LogP contribution in [0, 0.1) is 5.92 Å². The SMILES string of the molecule is CN=C(NC1CC1c1cccc(Cl)c1)N(C)CCC1CCOCC1.I. The van der Waals surface area contributed by atoms with E-state index in [9.17, 15) is 0 Å². The molecular formula is C19H29ClIN3O. The Morgan fingerprint density at radius 3 is 2.80 bits per heavy atom. The molecule has 0 bridgehead atoms. The van der Waals surface area contributed by atoms with Crippen LogP contribution in [0.25, 0.3) is 0 Å². The van der Waals surface area contributed by atoms with Crippen molar-refractivity contribution in [2.24, 2.45) is 10.9 Å². The molecule has 1 heterocycles. The highest BCUT2D eigenvalue weighted by Crippen LogP contribution is 2.41. The molecule has 1 N–H and O–H groups in total. The monoisotopic (exact) mass is 477 g/mol. The Labute approximate surface area is 173 Å². The Morgan fingerprint density at radius 1 is 1.36 bits per heavy atom. The zero-order valence-corrected chi connectivity index (χ0v) is 18.2. The number of nitrogens with one attached hydrogen (secondary N) is 1. The third-order valence-electron chi connectivity index (χ3n) is 5.17. The van der Waals surface area contributed by atoms with Crippen LogP contribution in [0.2, 0.25) is 5.02 Å². The van der Waals surface area contributed by atoms with Crippen molar-refractivity contribution < 1.29 is 4.74 Å². The molecule has 25 heavy (non-hydrogen) atoms. The van der Waals surface area contributed by atoms with E-state index in [-0.39, 0.29) is 24.0 Å². The van der Waals surface area contributed by atoms with Gasteiger partial charge >= 0.3 is 0 Å². The summed E-state index contributed by atoms with van der Waals surface area (Å²) < 4.78 is 5.44. The van der Waals surface area contributed by atoms with Gasteiger partial charge in [0.05, 0.1) is 0 Å². The minimum absolute atomic E-state index is 0. The largest absolute Gasteiger partial charge is 0.381 e. The Bertz CT molecular complexity index is 578. The van der Waals surface area contributed by atoms with Gasteiger partial charge in [-0.15, -0.1) is 24.0 Å². The summed E-state index contributed by atoms with van der Waals surface area (Å²) in [6, 6.07) is 8.66. The molecule has 4 nitrogen and oxygen atoms in total. The topological polar surface area (TPSA) is 36.9 Å². The maximum Gasteiger partial charge on any atom is 0.193 e. The van der Waals surface area contributed by atoms with Crippen LogP contribution in [0.1, 0.15) is 37.2 Å². The zero-order valence-electron chi connectivity index (χ0n) is 15.1. The van der Waals surface area contributed by atoms with Gasteiger partial charge in [-0.1, -0.05) is 23.7 Å². The van der Waals surface area contributed by atoms with Crippen LogP contribution in [0.3, 0.4) is 0 Å². The number of halogens is 2. The van der Waals surface area contributed by atoms with Gasteiger partial charge in [-0.3, -0.25) is 4.99 Å². The summed E-state index contributed by atoms with van der Waals surface area (Å²) in [6.07, 6.45) is 4.74. The number of benzene rings is 1. The maximum absolute atomic E-state index is 6.10. The molecule has 1 aliphatic carbocycles. The fourth-order valence-electron chi connectivity index (χ4n) is 3.49. The van der Waals surface area contributed by atoms with Gasteiger partial charge in [0.1, 0.15) is 0 Å². The molecule has 140 valence electrons. The van der Waals surface area contributed by atoms with Crippen molar-refractivity contribution in [2.45, 2.75) is 37.6 Å². The smallest absolute Gasteiger partial charge is 0.193 e. The third kappa shape index (κ3) is 6.00. The highest BCUT2D eigenvalue weighted by Gasteiger charge is 2.39. The fraction of sp³-hybridized carbons (Fsp3) is 0.632. The molecule has 6 heteroatoms. The lowest BCUT2D eigenvalue weighted by molar-refractivity contribution is 0.0625. The number of hydrogen-bond acceptors (Lipinski definition) is 2. The molecule has 1 saturated carbocycles. The standard InChI is InChI=1S/C19H28ClN3O.HI/c1-21-19(23(2)9-6-14-7-10-24-11-8-14)22-18-13-17(18)15-4-3-5-16(20)12-15;/h3-5,12,14,17-18H,6-11,13H2,1-2H3,(H,21,22);1H. The minimum atomic E-state index is 0. The van der Waals surface area contributed by atoms with Crippen molar-refractivity contribution in [3.05, 3.63) is 34.9 Å². The summed E-state index contributed by atoms with van der Waals surface area (Å²) in [5.74, 6) is 2.33. The Hall–Kier alpha value is -0.530. The lowest BCUT2D eigenvalue weighted by atomic mass is 9.96. The predicted octanol–water partition coefficient (Wildman–Crippen LogP) is 4.14. The molecule has 0 radical (unpaired) electrons. The van der Waals surface area contributed by atoms with Gasteiger partial charge in [0.2, 0.25) is 0 Å². The van der Waals surface area contributed by atoms with Crippen LogP contribution in [-0.2, 0) is 4.74 Å². The summed E-state index contributed by atoms with van der Waals surface area (Å²) in [4.78, 5) is 6.71. The predicted molar refractivity (Wildman–Crippen MR) is 115 cm³/mol. The van der Waals surface area contributed by atoms with Crippen LogP contribution >= 0.6 is 35.6 Å². The highest BCUT2D eigenvalue weighted by atomic mass is 127. The van der Waals surface area contributed by atoms with Gasteiger partial charge < -0.3 is 15.0 Å². The van der Waals surface area contributed by atoms with E-state index in [2.05, 4.69) is 34.4 Å². The summed E-state index contributed by atoms with van der Waals surface area (Å²) in [6.45, 7) is 2.88. The molecule has 0 spiro atoms. The van der Waals surface area contributed by atoms with Crippen LogP contribution in [-0.4, -0.2) is 50.8 Å². The molecule has 2 unspecified atom stereocenters. The van der Waals surface area contributed by atoms with E-state index in [0.717, 1.165) is 43.1 Å². The van der Waals surface area contributed by atoms with Crippen molar-refractivity contribution in [1.82, 2.24) is 10.2 Å². The van der Waals surface area contributed by atoms with E-state index in [1.165, 1.54) is 24.8 Å². The molecule has 0 amide bonds. The van der Waals surface area contributed by atoms with Crippen LogP contribution in [0.5, 0.6) is 0 Å². The zero-order chi connectivity index (χ0) is 16.9. The fourth-order valence-corrected chi connectivity index (χ4v) is 3.69. The van der Waals surface area contributed by atoms with Gasteiger partial charge in [-0.2, -0.15) is 0 Å². The lowest BCUT2D eigenvalue weighted by Crippen LogP contribution is -2.41. The first-order chi connectivity index (χ1) is 11.7. The molecule has 3 rings (SSSR count). The Kier molecular flexibility index (Phi) is 8.29. The van der Waals surface area contributed by atoms with Crippen molar-refractivity contribution in [1.29, 1.82) is 0 Å². The minimum Gasteiger partial charge on any atom is -0.381 e. The number of rotatable bonds is 5. The highest BCUT2D eigenvalue weighted by molar-refractivity contribution is 14.0. The molecule has 2 fully saturated rings. The molecule has 1 aliphatic heterocycles. The molecule has 1 saturated heterocycles. The quantitative estimate of drug-likeness (QED) is 0.393. The van der Waals surface area contributed by atoms with Crippen LogP contribution < -0.4 is 5.32 Å². The number of hydrogen-bond donors (Lipinski definition) is 1. The number of nitrogens with zero attached hydrogens (tertiary/aromatic N) is 2. The van der Waals surface area contributed by atoms with Gasteiger partial charge in [-0.25, -0.2) is 0 Å². The average molecular weight is 478 g/mol. The van der Waals surface area contributed by atoms with E-state index in [4.69, 9.17) is 16.3 Å². The van der Waals surface area contributed by atoms with Crippen molar-refractivity contribution >= 4 is 41.5 Å². The molecular weight excluding hydrogens is 449 g/mol. The summed E-state index contributed by atoms with van der Waals surface area (Å²) in [7, 11) is 4.00. The maximum atomic E-state index is 6.10. The van der Waals surface area contributed by atoms with Crippen molar-refractivity contribution in [3.8, 4) is 0 Å². The second-order valence-electron chi connectivity index (χ2n) is 6.96. The molecule has 2 atom stereocenters. The normalized spacial score (nSPS) is 23.7. The molecule has 1 aromatic carbocycles. The van der Waals surface area contributed by atoms with E-state index >= 15 is 0 Å².